The van der Waals surface area contributed by atoms with Crippen molar-refractivity contribution in [2.24, 2.45) is 0 Å². The molecule has 5 heteroatoms. The molecule has 0 radical (unpaired) electrons. The SMILES string of the molecule is COc1cc(NCCCCn2ccnc2)ccc1N. The molecule has 0 aliphatic heterocycles. The minimum Gasteiger partial charge on any atom is -0.495 e. The Morgan fingerprint density at radius 1 is 1.37 bits per heavy atom. The summed E-state index contributed by atoms with van der Waals surface area (Å²) in [4.78, 5) is 4.02. The maximum absolute atomic E-state index is 5.77. The first-order valence-electron chi connectivity index (χ1n) is 6.42. The minimum atomic E-state index is 0.660. The lowest BCUT2D eigenvalue weighted by atomic mass is 10.2. The fourth-order valence-electron chi connectivity index (χ4n) is 1.89. The van der Waals surface area contributed by atoms with Gasteiger partial charge in [-0.15, -0.1) is 0 Å². The monoisotopic (exact) mass is 260 g/mol. The molecule has 0 saturated carbocycles. The van der Waals surface area contributed by atoms with Crippen LogP contribution in [0.4, 0.5) is 11.4 Å². The number of imidazole rings is 1. The molecule has 0 saturated heterocycles. The highest BCUT2D eigenvalue weighted by atomic mass is 16.5. The molecule has 1 heterocycles. The van der Waals surface area contributed by atoms with E-state index in [2.05, 4.69) is 14.9 Å². The largest absolute Gasteiger partial charge is 0.495 e. The fourth-order valence-corrected chi connectivity index (χ4v) is 1.89. The summed E-state index contributed by atoms with van der Waals surface area (Å²) in [5, 5.41) is 3.37. The van der Waals surface area contributed by atoms with E-state index in [9.17, 15) is 0 Å². The molecule has 0 fully saturated rings. The number of nitrogens with two attached hydrogens (primary N) is 1. The zero-order valence-corrected chi connectivity index (χ0v) is 11.2. The van der Waals surface area contributed by atoms with Crippen molar-refractivity contribution < 1.29 is 4.74 Å². The highest BCUT2D eigenvalue weighted by Gasteiger charge is 2.00. The number of nitrogen functional groups attached to an aromatic ring is 1. The Balaban J connectivity index is 1.70. The summed E-state index contributed by atoms with van der Waals surface area (Å²) in [6, 6.07) is 5.74. The van der Waals surface area contributed by atoms with Gasteiger partial charge in [-0.1, -0.05) is 0 Å². The Labute approximate surface area is 113 Å². The molecule has 0 aliphatic carbocycles. The van der Waals surface area contributed by atoms with Gasteiger partial charge in [-0.05, 0) is 25.0 Å². The first-order valence-corrected chi connectivity index (χ1v) is 6.42. The van der Waals surface area contributed by atoms with E-state index in [1.165, 1.54) is 0 Å². The Bertz CT molecular complexity index is 496. The maximum Gasteiger partial charge on any atom is 0.143 e. The molecule has 0 unspecified atom stereocenters. The predicted octanol–water partition coefficient (Wildman–Crippen LogP) is 2.37. The molecule has 2 rings (SSSR count). The van der Waals surface area contributed by atoms with Crippen molar-refractivity contribution in [1.29, 1.82) is 0 Å². The van der Waals surface area contributed by atoms with Gasteiger partial charge in [0, 0.05) is 37.2 Å². The van der Waals surface area contributed by atoms with Crippen molar-refractivity contribution in [3.05, 3.63) is 36.9 Å². The van der Waals surface area contributed by atoms with Gasteiger partial charge < -0.3 is 20.4 Å². The van der Waals surface area contributed by atoms with E-state index in [1.54, 1.807) is 13.3 Å². The summed E-state index contributed by atoms with van der Waals surface area (Å²) in [5.41, 5.74) is 7.47. The van der Waals surface area contributed by atoms with Crippen LogP contribution in [0.25, 0.3) is 0 Å². The van der Waals surface area contributed by atoms with Crippen molar-refractivity contribution >= 4 is 11.4 Å². The normalized spacial score (nSPS) is 10.4. The number of aryl methyl sites for hydroxylation is 1. The van der Waals surface area contributed by atoms with Gasteiger partial charge in [-0.3, -0.25) is 0 Å². The first-order chi connectivity index (χ1) is 9.29. The van der Waals surface area contributed by atoms with Gasteiger partial charge in [0.05, 0.1) is 19.1 Å². The van der Waals surface area contributed by atoms with Crippen molar-refractivity contribution in [3.63, 3.8) is 0 Å². The van der Waals surface area contributed by atoms with Crippen LogP contribution < -0.4 is 15.8 Å². The van der Waals surface area contributed by atoms with Crippen LogP contribution in [-0.2, 0) is 6.54 Å². The Morgan fingerprint density at radius 3 is 3.00 bits per heavy atom. The van der Waals surface area contributed by atoms with Crippen LogP contribution in [0.1, 0.15) is 12.8 Å². The van der Waals surface area contributed by atoms with Crippen LogP contribution in [0.15, 0.2) is 36.9 Å². The number of methoxy groups -OCH3 is 1. The average Bonchev–Trinajstić information content (AvgIpc) is 2.93. The number of anilines is 2. The van der Waals surface area contributed by atoms with E-state index < -0.39 is 0 Å². The molecule has 19 heavy (non-hydrogen) atoms. The molecule has 102 valence electrons. The van der Waals surface area contributed by atoms with E-state index >= 15 is 0 Å². The Morgan fingerprint density at radius 2 is 2.26 bits per heavy atom. The quantitative estimate of drug-likeness (QED) is 0.592. The zero-order chi connectivity index (χ0) is 13.5. The van der Waals surface area contributed by atoms with Crippen molar-refractivity contribution in [2.75, 3.05) is 24.7 Å². The van der Waals surface area contributed by atoms with Crippen LogP contribution in [0.5, 0.6) is 5.75 Å². The highest BCUT2D eigenvalue weighted by molar-refractivity contribution is 5.61. The second-order valence-corrected chi connectivity index (χ2v) is 4.39. The predicted molar refractivity (Wildman–Crippen MR) is 77.4 cm³/mol. The standard InChI is InChI=1S/C14H20N4O/c1-19-14-10-12(4-5-13(14)15)17-6-2-3-8-18-9-7-16-11-18/h4-5,7,9-11,17H,2-3,6,8,15H2,1H3. The molecule has 0 spiro atoms. The molecule has 5 nitrogen and oxygen atoms in total. The number of rotatable bonds is 7. The second-order valence-electron chi connectivity index (χ2n) is 4.39. The van der Waals surface area contributed by atoms with Gasteiger partial charge in [0.1, 0.15) is 5.75 Å². The van der Waals surface area contributed by atoms with E-state index in [0.717, 1.165) is 31.6 Å². The minimum absolute atomic E-state index is 0.660. The number of hydrogen-bond donors (Lipinski definition) is 2. The number of unbranched alkanes of at least 4 members (excludes halogenated alkanes) is 1. The second kappa shape index (κ2) is 6.68. The number of ether oxygens (including phenoxy) is 1. The van der Waals surface area contributed by atoms with Crippen LogP contribution in [-0.4, -0.2) is 23.2 Å². The Hall–Kier alpha value is -2.17. The summed E-state index contributed by atoms with van der Waals surface area (Å²) < 4.78 is 7.28. The molecular formula is C14H20N4O. The summed E-state index contributed by atoms with van der Waals surface area (Å²) in [7, 11) is 1.63. The van der Waals surface area contributed by atoms with Gasteiger partial charge in [0.15, 0.2) is 0 Å². The molecule has 0 amide bonds. The molecule has 0 bridgehead atoms. The summed E-state index contributed by atoms with van der Waals surface area (Å²) in [6.45, 7) is 1.94. The van der Waals surface area contributed by atoms with Gasteiger partial charge >= 0.3 is 0 Å². The van der Waals surface area contributed by atoms with Crippen LogP contribution in [0.2, 0.25) is 0 Å². The third-order valence-corrected chi connectivity index (χ3v) is 2.96. The van der Waals surface area contributed by atoms with Crippen molar-refractivity contribution in [1.82, 2.24) is 9.55 Å². The molecule has 3 N–H and O–H groups in total. The highest BCUT2D eigenvalue weighted by Crippen LogP contribution is 2.24. The topological polar surface area (TPSA) is 65.1 Å². The molecule has 2 aromatic rings. The number of aromatic nitrogens is 2. The molecule has 1 aromatic heterocycles. The smallest absolute Gasteiger partial charge is 0.143 e. The van der Waals surface area contributed by atoms with Gasteiger partial charge in [-0.25, -0.2) is 4.98 Å². The van der Waals surface area contributed by atoms with Crippen molar-refractivity contribution in [2.45, 2.75) is 19.4 Å². The number of hydrogen-bond acceptors (Lipinski definition) is 4. The van der Waals surface area contributed by atoms with Crippen LogP contribution in [0, 0.1) is 0 Å². The fraction of sp³-hybridized carbons (Fsp3) is 0.357. The van der Waals surface area contributed by atoms with E-state index in [-0.39, 0.29) is 0 Å². The summed E-state index contributed by atoms with van der Waals surface area (Å²) in [6.07, 6.45) is 7.86. The number of nitrogens with zero attached hydrogens (tertiary/aromatic N) is 2. The molecular weight excluding hydrogens is 240 g/mol. The van der Waals surface area contributed by atoms with Gasteiger partial charge in [-0.2, -0.15) is 0 Å². The lowest BCUT2D eigenvalue weighted by Gasteiger charge is -2.10. The first kappa shape index (κ1) is 13.3. The molecule has 0 aliphatic rings. The van der Waals surface area contributed by atoms with Crippen LogP contribution in [0.3, 0.4) is 0 Å². The molecule has 1 aromatic carbocycles. The summed E-state index contributed by atoms with van der Waals surface area (Å²) >= 11 is 0. The number of benzene rings is 1. The average molecular weight is 260 g/mol. The Kier molecular flexibility index (Phi) is 4.66. The van der Waals surface area contributed by atoms with Gasteiger partial charge in [0.2, 0.25) is 0 Å². The van der Waals surface area contributed by atoms with E-state index in [4.69, 9.17) is 10.5 Å². The lowest BCUT2D eigenvalue weighted by Crippen LogP contribution is -2.04. The number of nitrogens with one attached hydrogen (secondary N) is 1. The van der Waals surface area contributed by atoms with E-state index in [0.29, 0.717) is 11.4 Å². The van der Waals surface area contributed by atoms with Crippen molar-refractivity contribution in [3.8, 4) is 5.75 Å². The summed E-state index contributed by atoms with van der Waals surface area (Å²) in [5.74, 6) is 0.711. The lowest BCUT2D eigenvalue weighted by molar-refractivity contribution is 0.417. The van der Waals surface area contributed by atoms with Crippen LogP contribution >= 0.6 is 0 Å². The third kappa shape index (κ3) is 3.91. The van der Waals surface area contributed by atoms with Gasteiger partial charge in [0.25, 0.3) is 0 Å². The zero-order valence-electron chi connectivity index (χ0n) is 11.2. The third-order valence-electron chi connectivity index (χ3n) is 2.96. The maximum atomic E-state index is 5.77. The molecule has 0 atom stereocenters. The van der Waals surface area contributed by atoms with E-state index in [1.807, 2.05) is 30.7 Å².